The summed E-state index contributed by atoms with van der Waals surface area (Å²) in [6.45, 7) is 0. The quantitative estimate of drug-likeness (QED) is 0.769. The van der Waals surface area contributed by atoms with Crippen molar-refractivity contribution < 1.29 is 9.18 Å². The van der Waals surface area contributed by atoms with Crippen molar-refractivity contribution in [3.05, 3.63) is 22.4 Å². The van der Waals surface area contributed by atoms with Gasteiger partial charge < -0.3 is 10.6 Å². The minimum Gasteiger partial charge on any atom is -0.369 e. The Kier molecular flexibility index (Phi) is 2.01. The first-order valence-electron chi connectivity index (χ1n) is 5.19. The summed E-state index contributed by atoms with van der Waals surface area (Å²) < 4.78 is 13.7. The van der Waals surface area contributed by atoms with Gasteiger partial charge in [-0.2, -0.15) is 0 Å². The Morgan fingerprint density at radius 2 is 2.06 bits per heavy atom. The average molecular weight is 285 g/mol. The smallest absolute Gasteiger partial charge is 0.250 e. The van der Waals surface area contributed by atoms with Gasteiger partial charge in [0.2, 0.25) is 5.91 Å². The zero-order chi connectivity index (χ0) is 11.3. The fourth-order valence-corrected chi connectivity index (χ4v) is 2.54. The molecule has 1 saturated carbocycles. The number of halogens is 2. The number of carbonyl (C=O) groups is 1. The molecule has 3 nitrogen and oxygen atoms in total. The van der Waals surface area contributed by atoms with Crippen LogP contribution in [0, 0.1) is 5.82 Å². The van der Waals surface area contributed by atoms with Crippen molar-refractivity contribution in [3.63, 3.8) is 0 Å². The number of carbonyl (C=O) groups excluding carboxylic acids is 1. The molecule has 0 unspecified atom stereocenters. The van der Waals surface area contributed by atoms with E-state index in [4.69, 9.17) is 0 Å². The zero-order valence-electron chi connectivity index (χ0n) is 8.44. The molecule has 1 heterocycles. The Morgan fingerprint density at radius 3 is 2.69 bits per heavy atom. The predicted molar refractivity (Wildman–Crippen MR) is 62.9 cm³/mol. The van der Waals surface area contributed by atoms with Crippen LogP contribution in [0.3, 0.4) is 0 Å². The number of rotatable bonds is 0. The van der Waals surface area contributed by atoms with E-state index in [1.165, 1.54) is 6.07 Å². The van der Waals surface area contributed by atoms with Gasteiger partial charge in [0.25, 0.3) is 0 Å². The molecule has 1 aliphatic carbocycles. The van der Waals surface area contributed by atoms with Crippen LogP contribution in [0.25, 0.3) is 0 Å². The molecule has 0 radical (unpaired) electrons. The van der Waals surface area contributed by atoms with Crippen LogP contribution in [0.15, 0.2) is 16.6 Å². The lowest BCUT2D eigenvalue weighted by Crippen LogP contribution is -2.57. The van der Waals surface area contributed by atoms with Gasteiger partial charge in [0.05, 0.1) is 15.8 Å². The SMILES string of the molecule is O=C1Nc2cc(F)c(Br)cc2NC12CCC2. The first-order valence-corrected chi connectivity index (χ1v) is 5.99. The summed E-state index contributed by atoms with van der Waals surface area (Å²) in [4.78, 5) is 11.8. The number of hydrogen-bond donors (Lipinski definition) is 2. The van der Waals surface area contributed by atoms with Gasteiger partial charge in [-0.05, 0) is 41.3 Å². The molecule has 0 bridgehead atoms. The Morgan fingerprint density at radius 1 is 1.31 bits per heavy atom. The van der Waals surface area contributed by atoms with Gasteiger partial charge in [-0.25, -0.2) is 4.39 Å². The maximum atomic E-state index is 13.3. The third-order valence-electron chi connectivity index (χ3n) is 3.32. The Labute approximate surface area is 101 Å². The molecule has 1 aromatic rings. The fourth-order valence-electron chi connectivity index (χ4n) is 2.19. The first kappa shape index (κ1) is 10.1. The minimum absolute atomic E-state index is 0.0482. The molecule has 2 aliphatic rings. The number of nitrogens with one attached hydrogen (secondary N) is 2. The highest BCUT2D eigenvalue weighted by atomic mass is 79.9. The second kappa shape index (κ2) is 3.20. The summed E-state index contributed by atoms with van der Waals surface area (Å²) in [5, 5.41) is 5.98. The standard InChI is InChI=1S/C11H10BrFN2O/c12-6-4-9-8(5-7(6)13)14-10(16)11(15-9)2-1-3-11/h4-5,15H,1-3H2,(H,14,16). The Hall–Kier alpha value is -1.10. The number of amides is 1. The average Bonchev–Trinajstić information content (AvgIpc) is 2.17. The summed E-state index contributed by atoms with van der Waals surface area (Å²) in [5.74, 6) is -0.418. The van der Waals surface area contributed by atoms with Crippen LogP contribution in [0.5, 0.6) is 0 Å². The van der Waals surface area contributed by atoms with E-state index in [0.29, 0.717) is 10.2 Å². The summed E-state index contributed by atoms with van der Waals surface area (Å²) in [5.41, 5.74) is 0.848. The molecule has 3 rings (SSSR count). The largest absolute Gasteiger partial charge is 0.369 e. The van der Waals surface area contributed by atoms with Crippen LogP contribution >= 0.6 is 15.9 Å². The number of benzene rings is 1. The van der Waals surface area contributed by atoms with Crippen LogP contribution in [0.4, 0.5) is 15.8 Å². The molecule has 0 atom stereocenters. The summed E-state index contributed by atoms with van der Waals surface area (Å²) >= 11 is 3.14. The van der Waals surface area contributed by atoms with Crippen molar-refractivity contribution >= 4 is 33.2 Å². The maximum Gasteiger partial charge on any atom is 0.250 e. The van der Waals surface area contributed by atoms with Crippen LogP contribution < -0.4 is 10.6 Å². The third kappa shape index (κ3) is 1.27. The Balaban J connectivity index is 2.05. The van der Waals surface area contributed by atoms with E-state index in [0.717, 1.165) is 24.9 Å². The third-order valence-corrected chi connectivity index (χ3v) is 3.93. The summed E-state index contributed by atoms with van der Waals surface area (Å²) in [6.07, 6.45) is 2.73. The molecule has 84 valence electrons. The van der Waals surface area contributed by atoms with Gasteiger partial charge in [0, 0.05) is 6.07 Å². The van der Waals surface area contributed by atoms with Crippen molar-refractivity contribution in [3.8, 4) is 0 Å². The van der Waals surface area contributed by atoms with Crippen LogP contribution in [0.2, 0.25) is 0 Å². The highest BCUT2D eigenvalue weighted by molar-refractivity contribution is 9.10. The Bertz CT molecular complexity index is 485. The van der Waals surface area contributed by atoms with Crippen molar-refractivity contribution in [1.82, 2.24) is 0 Å². The number of hydrogen-bond acceptors (Lipinski definition) is 2. The second-order valence-corrected chi connectivity index (χ2v) is 5.18. The van der Waals surface area contributed by atoms with Gasteiger partial charge in [0.15, 0.2) is 0 Å². The van der Waals surface area contributed by atoms with Gasteiger partial charge in [-0.15, -0.1) is 0 Å². The topological polar surface area (TPSA) is 41.1 Å². The zero-order valence-corrected chi connectivity index (χ0v) is 10.0. The van der Waals surface area contributed by atoms with E-state index in [1.807, 2.05) is 0 Å². The maximum absolute atomic E-state index is 13.3. The molecular weight excluding hydrogens is 275 g/mol. The molecule has 0 aromatic heterocycles. The lowest BCUT2D eigenvalue weighted by atomic mass is 9.74. The monoisotopic (exact) mass is 284 g/mol. The van der Waals surface area contributed by atoms with Crippen LogP contribution in [0.1, 0.15) is 19.3 Å². The van der Waals surface area contributed by atoms with Gasteiger partial charge in [-0.1, -0.05) is 0 Å². The van der Waals surface area contributed by atoms with E-state index in [-0.39, 0.29) is 11.7 Å². The molecular formula is C11H10BrFN2O. The van der Waals surface area contributed by atoms with Gasteiger partial charge >= 0.3 is 0 Å². The lowest BCUT2D eigenvalue weighted by Gasteiger charge is -2.44. The van der Waals surface area contributed by atoms with Crippen LogP contribution in [-0.4, -0.2) is 11.4 Å². The van der Waals surface area contributed by atoms with Crippen molar-refractivity contribution in [2.75, 3.05) is 10.6 Å². The first-order chi connectivity index (χ1) is 7.61. The summed E-state index contributed by atoms with van der Waals surface area (Å²) in [7, 11) is 0. The van der Waals surface area contributed by atoms with E-state index in [1.54, 1.807) is 6.07 Å². The van der Waals surface area contributed by atoms with Crippen molar-refractivity contribution in [1.29, 1.82) is 0 Å². The highest BCUT2D eigenvalue weighted by Gasteiger charge is 2.47. The molecule has 1 aromatic carbocycles. The van der Waals surface area contributed by atoms with Crippen molar-refractivity contribution in [2.24, 2.45) is 0 Å². The molecule has 2 N–H and O–H groups in total. The molecule has 1 amide bonds. The molecule has 1 fully saturated rings. The molecule has 1 aliphatic heterocycles. The molecule has 16 heavy (non-hydrogen) atoms. The van der Waals surface area contributed by atoms with E-state index in [2.05, 4.69) is 26.6 Å². The lowest BCUT2D eigenvalue weighted by molar-refractivity contribution is -0.123. The van der Waals surface area contributed by atoms with Gasteiger partial charge in [0.1, 0.15) is 11.4 Å². The normalized spacial score (nSPS) is 20.8. The van der Waals surface area contributed by atoms with E-state index >= 15 is 0 Å². The molecule has 5 heteroatoms. The predicted octanol–water partition coefficient (Wildman–Crippen LogP) is 2.87. The van der Waals surface area contributed by atoms with Crippen LogP contribution in [-0.2, 0) is 4.79 Å². The van der Waals surface area contributed by atoms with Gasteiger partial charge in [-0.3, -0.25) is 4.79 Å². The highest BCUT2D eigenvalue weighted by Crippen LogP contribution is 2.43. The summed E-state index contributed by atoms with van der Waals surface area (Å²) in [6, 6.07) is 3.00. The van der Waals surface area contributed by atoms with E-state index < -0.39 is 5.54 Å². The van der Waals surface area contributed by atoms with E-state index in [9.17, 15) is 9.18 Å². The number of fused-ring (bicyclic) bond motifs is 1. The van der Waals surface area contributed by atoms with Crippen molar-refractivity contribution in [2.45, 2.75) is 24.8 Å². The molecule has 0 saturated heterocycles. The minimum atomic E-state index is -0.454. The fraction of sp³-hybridized carbons (Fsp3) is 0.364. The molecule has 1 spiro atoms. The number of anilines is 2. The second-order valence-electron chi connectivity index (χ2n) is 4.33.